The number of aromatic nitrogens is 2. The summed E-state index contributed by atoms with van der Waals surface area (Å²) < 4.78 is 1.70. The molecule has 1 fully saturated rings. The van der Waals surface area contributed by atoms with Crippen molar-refractivity contribution in [3.05, 3.63) is 30.0 Å². The Morgan fingerprint density at radius 3 is 2.90 bits per heavy atom. The first-order valence-corrected chi connectivity index (χ1v) is 6.99. The molecule has 1 amide bonds. The van der Waals surface area contributed by atoms with E-state index in [1.54, 1.807) is 9.58 Å². The molecule has 1 unspecified atom stereocenters. The standard InChI is InChI=1S/C15H17N3O3/c1-17-12-5-3-2-4-11(12)14(16-17)15(21)18-7-6-10(9-18)8-13(19)20/h2-5,10H,6-9H2,1H3,(H,19,20). The van der Waals surface area contributed by atoms with Crippen LogP contribution in [0, 0.1) is 5.92 Å². The largest absolute Gasteiger partial charge is 0.481 e. The predicted molar refractivity (Wildman–Crippen MR) is 77.0 cm³/mol. The average Bonchev–Trinajstić information content (AvgIpc) is 3.03. The van der Waals surface area contributed by atoms with Gasteiger partial charge in [0, 0.05) is 31.9 Å². The minimum Gasteiger partial charge on any atom is -0.481 e. The molecule has 1 aromatic heterocycles. The van der Waals surface area contributed by atoms with Gasteiger partial charge in [0.2, 0.25) is 0 Å². The fraction of sp³-hybridized carbons (Fsp3) is 0.400. The highest BCUT2D eigenvalue weighted by atomic mass is 16.4. The first-order chi connectivity index (χ1) is 10.1. The maximum atomic E-state index is 12.6. The molecule has 1 saturated heterocycles. The summed E-state index contributed by atoms with van der Waals surface area (Å²) >= 11 is 0. The third kappa shape index (κ3) is 2.49. The van der Waals surface area contributed by atoms with Crippen molar-refractivity contribution >= 4 is 22.8 Å². The number of aliphatic carboxylic acids is 1. The minimum atomic E-state index is -0.808. The Morgan fingerprint density at radius 1 is 1.38 bits per heavy atom. The molecule has 21 heavy (non-hydrogen) atoms. The summed E-state index contributed by atoms with van der Waals surface area (Å²) in [4.78, 5) is 25.1. The van der Waals surface area contributed by atoms with E-state index in [0.717, 1.165) is 17.3 Å². The average molecular weight is 287 g/mol. The lowest BCUT2D eigenvalue weighted by Gasteiger charge is -2.14. The Morgan fingerprint density at radius 2 is 2.14 bits per heavy atom. The van der Waals surface area contributed by atoms with Crippen LogP contribution in [0.25, 0.3) is 10.9 Å². The molecule has 0 saturated carbocycles. The molecule has 3 rings (SSSR count). The molecule has 1 aromatic carbocycles. The number of carbonyl (C=O) groups is 2. The molecule has 0 aliphatic carbocycles. The lowest BCUT2D eigenvalue weighted by Crippen LogP contribution is -2.29. The van der Waals surface area contributed by atoms with Gasteiger partial charge in [-0.3, -0.25) is 14.3 Å². The number of benzene rings is 1. The number of likely N-dealkylation sites (tertiary alicyclic amines) is 1. The number of aryl methyl sites for hydroxylation is 1. The topological polar surface area (TPSA) is 75.4 Å². The lowest BCUT2D eigenvalue weighted by atomic mass is 10.1. The normalized spacial score (nSPS) is 18.3. The SMILES string of the molecule is Cn1nc(C(=O)N2CCC(CC(=O)O)C2)c2ccccc21. The first kappa shape index (κ1) is 13.6. The van der Waals surface area contributed by atoms with E-state index in [0.29, 0.717) is 18.8 Å². The summed E-state index contributed by atoms with van der Waals surface area (Å²) in [6, 6.07) is 7.62. The highest BCUT2D eigenvalue weighted by Crippen LogP contribution is 2.24. The van der Waals surface area contributed by atoms with Crippen LogP contribution in [0.4, 0.5) is 0 Å². The van der Waals surface area contributed by atoms with Gasteiger partial charge < -0.3 is 10.0 Å². The predicted octanol–water partition coefficient (Wildman–Crippen LogP) is 1.51. The highest BCUT2D eigenvalue weighted by Gasteiger charge is 2.30. The van der Waals surface area contributed by atoms with E-state index in [1.165, 1.54) is 0 Å². The van der Waals surface area contributed by atoms with Crippen molar-refractivity contribution in [1.82, 2.24) is 14.7 Å². The highest BCUT2D eigenvalue weighted by molar-refractivity contribution is 6.04. The van der Waals surface area contributed by atoms with Gasteiger partial charge in [-0.15, -0.1) is 0 Å². The molecule has 6 nitrogen and oxygen atoms in total. The summed E-state index contributed by atoms with van der Waals surface area (Å²) in [6.45, 7) is 1.09. The monoisotopic (exact) mass is 287 g/mol. The van der Waals surface area contributed by atoms with Crippen LogP contribution < -0.4 is 0 Å². The second-order valence-corrected chi connectivity index (χ2v) is 5.49. The van der Waals surface area contributed by atoms with E-state index in [4.69, 9.17) is 5.11 Å². The molecule has 0 spiro atoms. The number of fused-ring (bicyclic) bond motifs is 1. The van der Waals surface area contributed by atoms with E-state index >= 15 is 0 Å². The Balaban J connectivity index is 1.83. The van der Waals surface area contributed by atoms with Gasteiger partial charge in [-0.05, 0) is 18.4 Å². The summed E-state index contributed by atoms with van der Waals surface area (Å²) in [7, 11) is 1.82. The number of hydrogen-bond donors (Lipinski definition) is 1. The van der Waals surface area contributed by atoms with Gasteiger partial charge in [-0.1, -0.05) is 18.2 Å². The third-order valence-corrected chi connectivity index (χ3v) is 4.00. The molecular formula is C15H17N3O3. The second kappa shape index (κ2) is 5.20. The number of rotatable bonds is 3. The number of amides is 1. The molecule has 0 radical (unpaired) electrons. The zero-order valence-corrected chi connectivity index (χ0v) is 11.8. The Kier molecular flexibility index (Phi) is 3.37. The summed E-state index contributed by atoms with van der Waals surface area (Å²) in [5.74, 6) is -0.876. The van der Waals surface area contributed by atoms with Crippen molar-refractivity contribution in [2.45, 2.75) is 12.8 Å². The van der Waals surface area contributed by atoms with Crippen molar-refractivity contribution in [1.29, 1.82) is 0 Å². The van der Waals surface area contributed by atoms with Crippen LogP contribution in [0.3, 0.4) is 0 Å². The van der Waals surface area contributed by atoms with Gasteiger partial charge in [0.25, 0.3) is 5.91 Å². The quantitative estimate of drug-likeness (QED) is 0.928. The first-order valence-electron chi connectivity index (χ1n) is 6.99. The Labute approximate surface area is 122 Å². The maximum absolute atomic E-state index is 12.6. The van der Waals surface area contributed by atoms with E-state index in [-0.39, 0.29) is 18.2 Å². The molecule has 1 atom stereocenters. The van der Waals surface area contributed by atoms with Gasteiger partial charge in [0.15, 0.2) is 5.69 Å². The van der Waals surface area contributed by atoms with E-state index in [2.05, 4.69) is 5.10 Å². The molecule has 1 N–H and O–H groups in total. The van der Waals surface area contributed by atoms with E-state index in [9.17, 15) is 9.59 Å². The van der Waals surface area contributed by atoms with E-state index in [1.807, 2.05) is 31.3 Å². The van der Waals surface area contributed by atoms with Gasteiger partial charge in [-0.25, -0.2) is 0 Å². The van der Waals surface area contributed by atoms with Gasteiger partial charge >= 0.3 is 5.97 Å². The smallest absolute Gasteiger partial charge is 0.303 e. The van der Waals surface area contributed by atoms with Gasteiger partial charge in [0.05, 0.1) is 5.52 Å². The van der Waals surface area contributed by atoms with Crippen LogP contribution in [0.15, 0.2) is 24.3 Å². The second-order valence-electron chi connectivity index (χ2n) is 5.49. The number of carboxylic acid groups (broad SMARTS) is 1. The Hall–Kier alpha value is -2.37. The lowest BCUT2D eigenvalue weighted by molar-refractivity contribution is -0.138. The molecular weight excluding hydrogens is 270 g/mol. The van der Waals surface area contributed by atoms with Crippen LogP contribution in [0.2, 0.25) is 0 Å². The molecule has 1 aliphatic rings. The van der Waals surface area contributed by atoms with Crippen molar-refractivity contribution in [3.63, 3.8) is 0 Å². The van der Waals surface area contributed by atoms with Crippen molar-refractivity contribution in [2.75, 3.05) is 13.1 Å². The number of hydrogen-bond acceptors (Lipinski definition) is 3. The van der Waals surface area contributed by atoms with Crippen LogP contribution >= 0.6 is 0 Å². The van der Waals surface area contributed by atoms with Crippen LogP contribution in [0.5, 0.6) is 0 Å². The zero-order chi connectivity index (χ0) is 15.0. The summed E-state index contributed by atoms with van der Waals surface area (Å²) in [5, 5.41) is 14.0. The fourth-order valence-corrected chi connectivity index (χ4v) is 2.95. The molecule has 6 heteroatoms. The van der Waals surface area contributed by atoms with E-state index < -0.39 is 5.97 Å². The molecule has 110 valence electrons. The molecule has 1 aliphatic heterocycles. The van der Waals surface area contributed by atoms with Crippen LogP contribution in [0.1, 0.15) is 23.3 Å². The maximum Gasteiger partial charge on any atom is 0.303 e. The van der Waals surface area contributed by atoms with Gasteiger partial charge in [-0.2, -0.15) is 5.10 Å². The molecule has 2 aromatic rings. The number of para-hydroxylation sites is 1. The number of carboxylic acids is 1. The van der Waals surface area contributed by atoms with Crippen LogP contribution in [-0.4, -0.2) is 44.8 Å². The third-order valence-electron chi connectivity index (χ3n) is 4.00. The van der Waals surface area contributed by atoms with Crippen molar-refractivity contribution in [2.24, 2.45) is 13.0 Å². The van der Waals surface area contributed by atoms with Crippen molar-refractivity contribution < 1.29 is 14.7 Å². The minimum absolute atomic E-state index is 0.0430. The Bertz CT molecular complexity index is 707. The number of nitrogens with zero attached hydrogens (tertiary/aromatic N) is 3. The molecule has 0 bridgehead atoms. The van der Waals surface area contributed by atoms with Crippen molar-refractivity contribution in [3.8, 4) is 0 Å². The molecule has 2 heterocycles. The summed E-state index contributed by atoms with van der Waals surface area (Å²) in [6.07, 6.45) is 0.857. The summed E-state index contributed by atoms with van der Waals surface area (Å²) in [5.41, 5.74) is 1.37. The number of carbonyl (C=O) groups excluding carboxylic acids is 1. The fourth-order valence-electron chi connectivity index (χ4n) is 2.95. The zero-order valence-electron chi connectivity index (χ0n) is 11.8. The van der Waals surface area contributed by atoms with Crippen LogP contribution in [-0.2, 0) is 11.8 Å². The van der Waals surface area contributed by atoms with Gasteiger partial charge in [0.1, 0.15) is 0 Å².